The van der Waals surface area contributed by atoms with Crippen LogP contribution in [0.3, 0.4) is 0 Å². The lowest BCUT2D eigenvalue weighted by Gasteiger charge is -2.36. The lowest BCUT2D eigenvalue weighted by Crippen LogP contribution is -2.53. The summed E-state index contributed by atoms with van der Waals surface area (Å²) in [4.78, 5) is 16.6. The summed E-state index contributed by atoms with van der Waals surface area (Å²) in [7, 11) is 0. The third-order valence-electron chi connectivity index (χ3n) is 4.00. The van der Waals surface area contributed by atoms with E-state index in [4.69, 9.17) is 9.47 Å². The van der Waals surface area contributed by atoms with E-state index in [1.54, 1.807) is 0 Å². The molecular formula is C16H23ClN2O3. The Bertz CT molecular complexity index is 466. The largest absolute Gasteiger partial charge is 0.378 e. The van der Waals surface area contributed by atoms with E-state index < -0.39 is 0 Å². The topological polar surface area (TPSA) is 42.0 Å². The highest BCUT2D eigenvalue weighted by Gasteiger charge is 2.30. The predicted molar refractivity (Wildman–Crippen MR) is 86.1 cm³/mol. The monoisotopic (exact) mass is 326 g/mol. The van der Waals surface area contributed by atoms with Gasteiger partial charge in [-0.1, -0.05) is 30.3 Å². The fourth-order valence-electron chi connectivity index (χ4n) is 2.82. The Morgan fingerprint density at radius 2 is 1.82 bits per heavy atom. The van der Waals surface area contributed by atoms with Crippen molar-refractivity contribution in [2.24, 2.45) is 0 Å². The van der Waals surface area contributed by atoms with Crippen LogP contribution in [0, 0.1) is 0 Å². The van der Waals surface area contributed by atoms with Crippen molar-refractivity contribution < 1.29 is 14.3 Å². The maximum atomic E-state index is 12.5. The second kappa shape index (κ2) is 8.48. The van der Waals surface area contributed by atoms with Crippen LogP contribution in [0.4, 0.5) is 0 Å². The molecule has 2 saturated heterocycles. The molecule has 1 amide bonds. The van der Waals surface area contributed by atoms with Crippen LogP contribution in [-0.4, -0.2) is 67.8 Å². The Hall–Kier alpha value is -1.14. The van der Waals surface area contributed by atoms with E-state index in [0.29, 0.717) is 39.5 Å². The standard InChI is InChI=1S/C16H22N2O3.ClH/c19-16(18-7-9-20-10-8-18)15-13-17(6-11-21-15)12-14-4-2-1-3-5-14;/h1-5,15H,6-13H2;1H. The molecular weight excluding hydrogens is 304 g/mol. The molecule has 0 radical (unpaired) electrons. The molecule has 2 aliphatic rings. The van der Waals surface area contributed by atoms with E-state index >= 15 is 0 Å². The first-order valence-corrected chi connectivity index (χ1v) is 7.57. The van der Waals surface area contributed by atoms with Crippen LogP contribution in [0.5, 0.6) is 0 Å². The summed E-state index contributed by atoms with van der Waals surface area (Å²) in [5.41, 5.74) is 1.27. The highest BCUT2D eigenvalue weighted by atomic mass is 35.5. The molecule has 0 bridgehead atoms. The molecule has 0 aromatic heterocycles. The van der Waals surface area contributed by atoms with E-state index in [1.165, 1.54) is 5.56 Å². The number of halogens is 1. The number of carbonyl (C=O) groups is 1. The van der Waals surface area contributed by atoms with Gasteiger partial charge >= 0.3 is 0 Å². The summed E-state index contributed by atoms with van der Waals surface area (Å²) in [5, 5.41) is 0. The smallest absolute Gasteiger partial charge is 0.253 e. The molecule has 2 aliphatic heterocycles. The van der Waals surface area contributed by atoms with E-state index in [0.717, 1.165) is 13.1 Å². The van der Waals surface area contributed by atoms with Crippen molar-refractivity contribution >= 4 is 18.3 Å². The first-order chi connectivity index (χ1) is 10.3. The summed E-state index contributed by atoms with van der Waals surface area (Å²) >= 11 is 0. The molecule has 6 heteroatoms. The lowest BCUT2D eigenvalue weighted by molar-refractivity contribution is -0.153. The fourth-order valence-corrected chi connectivity index (χ4v) is 2.82. The van der Waals surface area contributed by atoms with Gasteiger partial charge in [0.25, 0.3) is 5.91 Å². The lowest BCUT2D eigenvalue weighted by atomic mass is 10.1. The molecule has 0 aliphatic carbocycles. The van der Waals surface area contributed by atoms with Crippen LogP contribution in [0.15, 0.2) is 30.3 Å². The predicted octanol–water partition coefficient (Wildman–Crippen LogP) is 1.17. The minimum atomic E-state index is -0.333. The summed E-state index contributed by atoms with van der Waals surface area (Å²) in [5.74, 6) is 0.107. The van der Waals surface area contributed by atoms with Crippen molar-refractivity contribution in [2.75, 3.05) is 46.0 Å². The molecule has 5 nitrogen and oxygen atoms in total. The van der Waals surface area contributed by atoms with Crippen LogP contribution in [0.2, 0.25) is 0 Å². The van der Waals surface area contributed by atoms with Crippen LogP contribution in [-0.2, 0) is 20.8 Å². The van der Waals surface area contributed by atoms with Crippen molar-refractivity contribution in [3.63, 3.8) is 0 Å². The second-order valence-electron chi connectivity index (χ2n) is 5.52. The number of rotatable bonds is 3. The third kappa shape index (κ3) is 4.43. The van der Waals surface area contributed by atoms with Gasteiger partial charge in [-0.25, -0.2) is 0 Å². The van der Waals surface area contributed by atoms with E-state index in [1.807, 2.05) is 23.1 Å². The Labute approximate surface area is 137 Å². The number of carbonyl (C=O) groups excluding carboxylic acids is 1. The van der Waals surface area contributed by atoms with Crippen LogP contribution >= 0.6 is 12.4 Å². The van der Waals surface area contributed by atoms with Crippen LogP contribution in [0.1, 0.15) is 5.56 Å². The molecule has 0 N–H and O–H groups in total. The van der Waals surface area contributed by atoms with Gasteiger partial charge in [0.1, 0.15) is 6.10 Å². The van der Waals surface area contributed by atoms with E-state index in [-0.39, 0.29) is 24.4 Å². The molecule has 22 heavy (non-hydrogen) atoms. The molecule has 1 aromatic rings. The fraction of sp³-hybridized carbons (Fsp3) is 0.562. The quantitative estimate of drug-likeness (QED) is 0.836. The SMILES string of the molecule is Cl.O=C(C1CN(Cc2ccccc2)CCO1)N1CCOCC1. The molecule has 2 heterocycles. The van der Waals surface area contributed by atoms with Gasteiger partial charge in [0.15, 0.2) is 0 Å². The summed E-state index contributed by atoms with van der Waals surface area (Å²) in [6, 6.07) is 10.4. The summed E-state index contributed by atoms with van der Waals surface area (Å²) < 4.78 is 11.0. The maximum Gasteiger partial charge on any atom is 0.253 e. The normalized spacial score (nSPS) is 22.9. The van der Waals surface area contributed by atoms with E-state index in [9.17, 15) is 4.79 Å². The zero-order chi connectivity index (χ0) is 14.5. The van der Waals surface area contributed by atoms with Crippen molar-refractivity contribution in [2.45, 2.75) is 12.6 Å². The summed E-state index contributed by atoms with van der Waals surface area (Å²) in [6.45, 7) is 5.66. The van der Waals surface area contributed by atoms with E-state index in [2.05, 4.69) is 17.0 Å². The number of benzene rings is 1. The number of ether oxygens (including phenoxy) is 2. The van der Waals surface area contributed by atoms with Gasteiger partial charge in [-0.15, -0.1) is 12.4 Å². The Balaban J connectivity index is 0.00000176. The highest BCUT2D eigenvalue weighted by molar-refractivity contribution is 5.85. The van der Waals surface area contributed by atoms with Gasteiger partial charge in [-0.05, 0) is 5.56 Å². The second-order valence-corrected chi connectivity index (χ2v) is 5.52. The van der Waals surface area contributed by atoms with Gasteiger partial charge in [-0.2, -0.15) is 0 Å². The zero-order valence-electron chi connectivity index (χ0n) is 12.6. The molecule has 122 valence electrons. The number of morpholine rings is 2. The maximum absolute atomic E-state index is 12.5. The Morgan fingerprint density at radius 3 is 2.55 bits per heavy atom. The highest BCUT2D eigenvalue weighted by Crippen LogP contribution is 2.13. The summed E-state index contributed by atoms with van der Waals surface area (Å²) in [6.07, 6.45) is -0.333. The zero-order valence-corrected chi connectivity index (χ0v) is 13.5. The van der Waals surface area contributed by atoms with Gasteiger partial charge in [-0.3, -0.25) is 9.69 Å². The van der Waals surface area contributed by atoms with Crippen molar-refractivity contribution in [3.05, 3.63) is 35.9 Å². The first-order valence-electron chi connectivity index (χ1n) is 7.57. The van der Waals surface area contributed by atoms with Gasteiger partial charge in [0.2, 0.25) is 0 Å². The van der Waals surface area contributed by atoms with Crippen molar-refractivity contribution in [3.8, 4) is 0 Å². The third-order valence-corrected chi connectivity index (χ3v) is 4.00. The number of hydrogen-bond donors (Lipinski definition) is 0. The Morgan fingerprint density at radius 1 is 1.09 bits per heavy atom. The van der Waals surface area contributed by atoms with Gasteiger partial charge in [0.05, 0.1) is 19.8 Å². The number of hydrogen-bond acceptors (Lipinski definition) is 4. The van der Waals surface area contributed by atoms with Crippen molar-refractivity contribution in [1.82, 2.24) is 9.80 Å². The van der Waals surface area contributed by atoms with Crippen LogP contribution in [0.25, 0.3) is 0 Å². The van der Waals surface area contributed by atoms with Crippen molar-refractivity contribution in [1.29, 1.82) is 0 Å². The Kier molecular flexibility index (Phi) is 6.64. The van der Waals surface area contributed by atoms with Crippen LogP contribution < -0.4 is 0 Å². The number of amides is 1. The molecule has 0 spiro atoms. The molecule has 0 saturated carbocycles. The first kappa shape index (κ1) is 17.2. The van der Waals surface area contributed by atoms with Gasteiger partial charge in [0, 0.05) is 32.7 Å². The molecule has 1 atom stereocenters. The molecule has 2 fully saturated rings. The molecule has 1 aromatic carbocycles. The average Bonchev–Trinajstić information content (AvgIpc) is 2.56. The minimum absolute atomic E-state index is 0. The average molecular weight is 327 g/mol. The minimum Gasteiger partial charge on any atom is -0.378 e. The molecule has 1 unspecified atom stereocenters. The van der Waals surface area contributed by atoms with Gasteiger partial charge < -0.3 is 14.4 Å². The number of nitrogens with zero attached hydrogens (tertiary/aromatic N) is 2. The molecule has 3 rings (SSSR count).